The molecule has 108 valence electrons. The average molecular weight is 283 g/mol. The van der Waals surface area contributed by atoms with E-state index in [1.54, 1.807) is 4.68 Å². The Morgan fingerprint density at radius 2 is 1.80 bits per heavy atom. The minimum atomic E-state index is -1.44. The molecule has 0 amide bonds. The minimum Gasteiger partial charge on any atom is -0.308 e. The monoisotopic (exact) mass is 283 g/mol. The number of nitrogens with zero attached hydrogens (tertiary/aromatic N) is 2. The van der Waals surface area contributed by atoms with Crippen molar-refractivity contribution in [1.82, 2.24) is 15.1 Å². The van der Waals surface area contributed by atoms with Crippen LogP contribution >= 0.6 is 0 Å². The summed E-state index contributed by atoms with van der Waals surface area (Å²) in [5.74, 6) is -3.77. The van der Waals surface area contributed by atoms with E-state index in [1.807, 2.05) is 20.2 Å². The predicted octanol–water partition coefficient (Wildman–Crippen LogP) is 2.69. The van der Waals surface area contributed by atoms with E-state index in [2.05, 4.69) is 10.4 Å². The summed E-state index contributed by atoms with van der Waals surface area (Å²) in [6.07, 6.45) is 2.72. The standard InChI is InChI=1S/C14H16F3N3/c1-3-13-10(8-20(2)19-13)7-18-6-9-4-11(15)14(17)12(16)5-9/h4-5,8,18H,3,6-7H2,1-2H3. The summed E-state index contributed by atoms with van der Waals surface area (Å²) in [6, 6.07) is 1.99. The van der Waals surface area contributed by atoms with Crippen molar-refractivity contribution in [3.63, 3.8) is 0 Å². The Morgan fingerprint density at radius 3 is 2.40 bits per heavy atom. The van der Waals surface area contributed by atoms with E-state index in [0.717, 1.165) is 29.8 Å². The maximum atomic E-state index is 13.1. The first kappa shape index (κ1) is 14.6. The highest BCUT2D eigenvalue weighted by molar-refractivity contribution is 5.20. The van der Waals surface area contributed by atoms with Crippen molar-refractivity contribution >= 4 is 0 Å². The van der Waals surface area contributed by atoms with E-state index < -0.39 is 17.5 Å². The van der Waals surface area contributed by atoms with Gasteiger partial charge in [-0.2, -0.15) is 5.10 Å². The van der Waals surface area contributed by atoms with E-state index in [9.17, 15) is 13.2 Å². The molecule has 1 aromatic carbocycles. The summed E-state index contributed by atoms with van der Waals surface area (Å²) in [4.78, 5) is 0. The number of hydrogen-bond donors (Lipinski definition) is 1. The number of halogens is 3. The van der Waals surface area contributed by atoms with Crippen molar-refractivity contribution in [2.24, 2.45) is 7.05 Å². The van der Waals surface area contributed by atoms with Gasteiger partial charge in [0.1, 0.15) is 0 Å². The third kappa shape index (κ3) is 3.19. The molecular formula is C14H16F3N3. The maximum Gasteiger partial charge on any atom is 0.194 e. The van der Waals surface area contributed by atoms with Gasteiger partial charge < -0.3 is 5.32 Å². The van der Waals surface area contributed by atoms with Crippen LogP contribution in [0.3, 0.4) is 0 Å². The van der Waals surface area contributed by atoms with Gasteiger partial charge in [-0.1, -0.05) is 6.92 Å². The second-order valence-electron chi connectivity index (χ2n) is 4.61. The van der Waals surface area contributed by atoms with Crippen LogP contribution in [0.15, 0.2) is 18.3 Å². The molecule has 0 aliphatic rings. The van der Waals surface area contributed by atoms with Gasteiger partial charge in [0.2, 0.25) is 0 Å². The Balaban J connectivity index is 1.99. The van der Waals surface area contributed by atoms with Crippen molar-refractivity contribution in [3.05, 3.63) is 52.6 Å². The van der Waals surface area contributed by atoms with Gasteiger partial charge in [0.15, 0.2) is 17.5 Å². The van der Waals surface area contributed by atoms with Crippen LogP contribution in [0.5, 0.6) is 0 Å². The number of rotatable bonds is 5. The zero-order valence-corrected chi connectivity index (χ0v) is 11.4. The third-order valence-electron chi connectivity index (χ3n) is 3.01. The summed E-state index contributed by atoms with van der Waals surface area (Å²) >= 11 is 0. The number of aromatic nitrogens is 2. The van der Waals surface area contributed by atoms with Gasteiger partial charge in [-0.25, -0.2) is 13.2 Å². The fourth-order valence-electron chi connectivity index (χ4n) is 2.08. The summed E-state index contributed by atoms with van der Waals surface area (Å²) in [7, 11) is 1.84. The van der Waals surface area contributed by atoms with Crippen LogP contribution in [0.1, 0.15) is 23.7 Å². The molecule has 0 unspecified atom stereocenters. The topological polar surface area (TPSA) is 29.9 Å². The quantitative estimate of drug-likeness (QED) is 0.855. The van der Waals surface area contributed by atoms with Gasteiger partial charge in [-0.15, -0.1) is 0 Å². The molecule has 0 saturated heterocycles. The molecule has 20 heavy (non-hydrogen) atoms. The highest BCUT2D eigenvalue weighted by Crippen LogP contribution is 2.14. The van der Waals surface area contributed by atoms with Gasteiger partial charge in [0, 0.05) is 31.9 Å². The first-order chi connectivity index (χ1) is 9.51. The lowest BCUT2D eigenvalue weighted by Crippen LogP contribution is -2.14. The number of hydrogen-bond acceptors (Lipinski definition) is 2. The first-order valence-electron chi connectivity index (χ1n) is 6.36. The molecule has 0 saturated carbocycles. The Bertz CT molecular complexity index is 585. The smallest absolute Gasteiger partial charge is 0.194 e. The lowest BCUT2D eigenvalue weighted by Gasteiger charge is -2.06. The molecule has 1 N–H and O–H groups in total. The summed E-state index contributed by atoms with van der Waals surface area (Å²) in [5.41, 5.74) is 2.39. The van der Waals surface area contributed by atoms with E-state index >= 15 is 0 Å². The molecular weight excluding hydrogens is 267 g/mol. The van der Waals surface area contributed by atoms with Gasteiger partial charge in [0.25, 0.3) is 0 Å². The molecule has 0 spiro atoms. The number of nitrogens with one attached hydrogen (secondary N) is 1. The molecule has 2 rings (SSSR count). The van der Waals surface area contributed by atoms with Crippen LogP contribution in [0, 0.1) is 17.5 Å². The number of benzene rings is 1. The van der Waals surface area contributed by atoms with Crippen LogP contribution in [-0.4, -0.2) is 9.78 Å². The molecule has 2 aromatic rings. The van der Waals surface area contributed by atoms with Crippen LogP contribution in [0.25, 0.3) is 0 Å². The fourth-order valence-corrected chi connectivity index (χ4v) is 2.08. The predicted molar refractivity (Wildman–Crippen MR) is 69.4 cm³/mol. The molecule has 0 aliphatic heterocycles. The molecule has 0 bridgehead atoms. The van der Waals surface area contributed by atoms with Crippen molar-refractivity contribution in [1.29, 1.82) is 0 Å². The molecule has 1 heterocycles. The lowest BCUT2D eigenvalue weighted by atomic mass is 10.2. The lowest BCUT2D eigenvalue weighted by molar-refractivity contribution is 0.444. The van der Waals surface area contributed by atoms with Crippen LogP contribution in [0.2, 0.25) is 0 Å². The summed E-state index contributed by atoms with van der Waals surface area (Å²) < 4.78 is 40.7. The fraction of sp³-hybridized carbons (Fsp3) is 0.357. The molecule has 0 atom stereocenters. The van der Waals surface area contributed by atoms with Gasteiger partial charge in [-0.3, -0.25) is 4.68 Å². The van der Waals surface area contributed by atoms with E-state index in [0.29, 0.717) is 12.1 Å². The van der Waals surface area contributed by atoms with Crippen molar-refractivity contribution < 1.29 is 13.2 Å². The highest BCUT2D eigenvalue weighted by Gasteiger charge is 2.10. The molecule has 6 heteroatoms. The van der Waals surface area contributed by atoms with Crippen molar-refractivity contribution in [3.8, 4) is 0 Å². The Labute approximate surface area is 115 Å². The molecule has 3 nitrogen and oxygen atoms in total. The van der Waals surface area contributed by atoms with Crippen LogP contribution < -0.4 is 5.32 Å². The summed E-state index contributed by atoms with van der Waals surface area (Å²) in [6.45, 7) is 2.81. The van der Waals surface area contributed by atoms with Gasteiger partial charge in [-0.05, 0) is 24.1 Å². The Hall–Kier alpha value is -1.82. The Morgan fingerprint density at radius 1 is 1.15 bits per heavy atom. The first-order valence-corrected chi connectivity index (χ1v) is 6.36. The van der Waals surface area contributed by atoms with Crippen LogP contribution in [-0.2, 0) is 26.6 Å². The highest BCUT2D eigenvalue weighted by atomic mass is 19.2. The normalized spacial score (nSPS) is 11.1. The molecule has 0 radical (unpaired) electrons. The summed E-state index contributed by atoms with van der Waals surface area (Å²) in [5, 5.41) is 7.37. The molecule has 0 fully saturated rings. The van der Waals surface area contributed by atoms with E-state index in [4.69, 9.17) is 0 Å². The second kappa shape index (κ2) is 6.09. The van der Waals surface area contributed by atoms with E-state index in [1.165, 1.54) is 0 Å². The Kier molecular flexibility index (Phi) is 4.44. The maximum absolute atomic E-state index is 13.1. The van der Waals surface area contributed by atoms with Crippen molar-refractivity contribution in [2.75, 3.05) is 0 Å². The number of aryl methyl sites for hydroxylation is 2. The second-order valence-corrected chi connectivity index (χ2v) is 4.61. The minimum absolute atomic E-state index is 0.256. The van der Waals surface area contributed by atoms with Gasteiger partial charge >= 0.3 is 0 Å². The van der Waals surface area contributed by atoms with E-state index in [-0.39, 0.29) is 6.54 Å². The zero-order chi connectivity index (χ0) is 14.7. The van der Waals surface area contributed by atoms with Crippen molar-refractivity contribution in [2.45, 2.75) is 26.4 Å². The third-order valence-corrected chi connectivity index (χ3v) is 3.01. The largest absolute Gasteiger partial charge is 0.308 e. The average Bonchev–Trinajstić information content (AvgIpc) is 2.76. The SMILES string of the molecule is CCc1nn(C)cc1CNCc1cc(F)c(F)c(F)c1. The molecule has 0 aliphatic carbocycles. The van der Waals surface area contributed by atoms with Crippen LogP contribution in [0.4, 0.5) is 13.2 Å². The zero-order valence-electron chi connectivity index (χ0n) is 11.4. The molecule has 1 aromatic heterocycles. The van der Waals surface area contributed by atoms with Gasteiger partial charge in [0.05, 0.1) is 5.69 Å².